The average molecular weight is 1410 g/mol. The number of fused-ring (bicyclic) bond motifs is 2. The van der Waals surface area contributed by atoms with Crippen molar-refractivity contribution >= 4 is 21.5 Å². The van der Waals surface area contributed by atoms with Gasteiger partial charge in [-0.05, 0) is 141 Å². The van der Waals surface area contributed by atoms with Crippen molar-refractivity contribution in [2.45, 2.75) is 0 Å². The molecule has 9 rings (SSSR count). The van der Waals surface area contributed by atoms with Crippen LogP contribution < -0.4 is 9.47 Å². The van der Waals surface area contributed by atoms with E-state index in [0.29, 0.717) is 185 Å². The highest BCUT2D eigenvalue weighted by Gasteiger charge is 2.12. The van der Waals surface area contributed by atoms with E-state index in [1.165, 1.54) is 0 Å². The normalized spacial score (nSPS) is 10.9. The first kappa shape index (κ1) is 78.9. The van der Waals surface area contributed by atoms with Gasteiger partial charge < -0.3 is 75.8 Å². The zero-order chi connectivity index (χ0) is 71.8. The highest BCUT2D eigenvalue weighted by atomic mass is 16.6. The van der Waals surface area contributed by atoms with Crippen molar-refractivity contribution in [1.82, 2.24) is 0 Å². The summed E-state index contributed by atoms with van der Waals surface area (Å²) in [5, 5.41) is 4.25. The van der Waals surface area contributed by atoms with Crippen LogP contribution in [0.5, 0.6) is 11.5 Å². The van der Waals surface area contributed by atoms with E-state index in [1.807, 2.05) is 48.5 Å². The molecule has 0 radical (unpaired) electrons. The lowest BCUT2D eigenvalue weighted by molar-refractivity contribution is -0.0199. The van der Waals surface area contributed by atoms with Gasteiger partial charge in [-0.25, -0.2) is 0 Å². The summed E-state index contributed by atoms with van der Waals surface area (Å²) in [5.74, 6) is 28.8. The quantitative estimate of drug-likeness (QED) is 0.0202. The van der Waals surface area contributed by atoms with E-state index in [1.54, 1.807) is 14.2 Å². The van der Waals surface area contributed by atoms with Gasteiger partial charge in [0, 0.05) is 58.7 Å². The number of rotatable bonds is 46. The van der Waals surface area contributed by atoms with Crippen LogP contribution >= 0.6 is 0 Å². The summed E-state index contributed by atoms with van der Waals surface area (Å²) in [6, 6.07) is 65.8. The molecular formula is C88H94O16. The second kappa shape index (κ2) is 48.7. The molecule has 0 saturated carbocycles. The van der Waals surface area contributed by atoms with Crippen molar-refractivity contribution in [3.8, 4) is 81.1 Å². The second-order valence-corrected chi connectivity index (χ2v) is 23.2. The molecule has 0 fully saturated rings. The van der Waals surface area contributed by atoms with Crippen LogP contribution in [0.4, 0.5) is 0 Å². The molecule has 0 unspecified atom stereocenters. The maximum Gasteiger partial charge on any atom is 0.119 e. The van der Waals surface area contributed by atoms with E-state index in [4.69, 9.17) is 75.8 Å². The minimum Gasteiger partial charge on any atom is -0.491 e. The molecule has 542 valence electrons. The lowest BCUT2D eigenvalue weighted by Gasteiger charge is -2.10. The molecule has 0 saturated heterocycles. The fraction of sp³-hybridized carbons (Fsp3) is 0.341. The maximum atomic E-state index is 5.87. The average Bonchev–Trinajstić information content (AvgIpc) is 0.754. The summed E-state index contributed by atoms with van der Waals surface area (Å²) in [6.45, 7) is 14.2. The molecule has 0 bridgehead atoms. The first-order chi connectivity index (χ1) is 51.6. The number of benzene rings is 9. The van der Waals surface area contributed by atoms with Crippen molar-refractivity contribution in [2.75, 3.05) is 199 Å². The molecule has 0 atom stereocenters. The second-order valence-electron chi connectivity index (χ2n) is 23.2. The smallest absolute Gasteiger partial charge is 0.119 e. The van der Waals surface area contributed by atoms with Crippen molar-refractivity contribution in [1.29, 1.82) is 0 Å². The van der Waals surface area contributed by atoms with E-state index < -0.39 is 0 Å². The highest BCUT2D eigenvalue weighted by Crippen LogP contribution is 2.33. The first-order valence-corrected chi connectivity index (χ1v) is 35.4. The largest absolute Gasteiger partial charge is 0.491 e. The third kappa shape index (κ3) is 29.5. The van der Waals surface area contributed by atoms with Crippen LogP contribution in [0, 0.1) is 47.4 Å². The van der Waals surface area contributed by atoms with Gasteiger partial charge in [0.1, 0.15) is 24.7 Å². The zero-order valence-electron chi connectivity index (χ0n) is 59.8. The van der Waals surface area contributed by atoms with Crippen LogP contribution in [0.2, 0.25) is 0 Å². The fourth-order valence-electron chi connectivity index (χ4n) is 10.3. The Bertz CT molecular complexity index is 3830. The Hall–Kier alpha value is -9.22. The Morgan fingerprint density at radius 2 is 0.356 bits per heavy atom. The monoisotopic (exact) mass is 1410 g/mol. The summed E-state index contributed by atoms with van der Waals surface area (Å²) < 4.78 is 87.8. The molecule has 0 aliphatic rings. The van der Waals surface area contributed by atoms with Gasteiger partial charge in [-0.3, -0.25) is 0 Å². The van der Waals surface area contributed by atoms with E-state index >= 15 is 0 Å². The lowest BCUT2D eigenvalue weighted by Crippen LogP contribution is -2.15. The summed E-state index contributed by atoms with van der Waals surface area (Å²) in [5.41, 5.74) is 11.9. The first-order valence-electron chi connectivity index (χ1n) is 35.4. The van der Waals surface area contributed by atoms with Gasteiger partial charge in [0.05, 0.1) is 172 Å². The predicted octanol–water partition coefficient (Wildman–Crippen LogP) is 13.2. The van der Waals surface area contributed by atoms with E-state index in [0.717, 1.165) is 99.8 Å². The molecule has 0 aliphatic heterocycles. The van der Waals surface area contributed by atoms with Crippen LogP contribution in [-0.2, 0) is 66.3 Å². The van der Waals surface area contributed by atoms with Crippen molar-refractivity contribution in [3.63, 3.8) is 0 Å². The van der Waals surface area contributed by atoms with E-state index in [2.05, 4.69) is 193 Å². The topological polar surface area (TPSA) is 148 Å². The molecule has 0 amide bonds. The van der Waals surface area contributed by atoms with Gasteiger partial charge in [0.2, 0.25) is 0 Å². The molecule has 16 heteroatoms. The van der Waals surface area contributed by atoms with Gasteiger partial charge >= 0.3 is 0 Å². The van der Waals surface area contributed by atoms with Crippen LogP contribution in [-0.4, -0.2) is 199 Å². The molecule has 16 nitrogen and oxygen atoms in total. The van der Waals surface area contributed by atoms with E-state index in [-0.39, 0.29) is 0 Å². The summed E-state index contributed by atoms with van der Waals surface area (Å²) in [6.07, 6.45) is 0. The third-order valence-corrected chi connectivity index (χ3v) is 15.8. The summed E-state index contributed by atoms with van der Waals surface area (Å²) in [4.78, 5) is 0. The SMILES string of the molecule is COCCOCCOCCOCCOCCOCCOCCOc1ccc(C#Cc2ccc(-c3ccc(C#Cc4c5ccccc5c(C#Cc5ccc(-c6ccc(C#Cc7ccc(OCCOCCOCCOCCOCCOCCOCCOC)cc7)cc6)cc5)c5ccccc45)cc3)cc2)cc1. The number of hydrogen-bond donors (Lipinski definition) is 0. The van der Waals surface area contributed by atoms with Crippen LogP contribution in [0.3, 0.4) is 0 Å². The Labute approximate surface area is 613 Å². The molecule has 0 N–H and O–H groups in total. The summed E-state index contributed by atoms with van der Waals surface area (Å²) in [7, 11) is 3.30. The van der Waals surface area contributed by atoms with Crippen molar-refractivity contribution in [3.05, 3.63) is 239 Å². The fourth-order valence-corrected chi connectivity index (χ4v) is 10.3. The minimum atomic E-state index is 0.431. The Kier molecular flexibility index (Phi) is 36.9. The molecule has 0 heterocycles. The standard InChI is InChI=1S/C88H94O16/c1-89-43-45-91-47-49-93-51-53-95-55-57-97-59-61-99-63-65-101-67-69-103-81-37-23-73(24-38-81)13-11-71-15-29-77(30-16-71)79-33-19-75(20-34-79)27-41-87-83-7-3-5-9-85(83)88(86-10-6-4-8-84(86)87)42-28-76-21-35-80(36-22-76)78-31-17-72(18-32-78)12-14-74-25-39-82(40-26-74)104-70-68-102-66-64-100-62-60-98-58-56-96-54-52-94-50-48-92-46-44-90-2/h3-10,15-26,29-40H,43-70H2,1-2H3. The third-order valence-electron chi connectivity index (χ3n) is 15.8. The Morgan fingerprint density at radius 3 is 0.558 bits per heavy atom. The van der Waals surface area contributed by atoms with Gasteiger partial charge in [0.15, 0.2) is 0 Å². The van der Waals surface area contributed by atoms with Gasteiger partial charge in [0.25, 0.3) is 0 Å². The molecule has 104 heavy (non-hydrogen) atoms. The van der Waals surface area contributed by atoms with Crippen molar-refractivity contribution in [2.24, 2.45) is 0 Å². The molecule has 0 aromatic heterocycles. The van der Waals surface area contributed by atoms with Gasteiger partial charge in [-0.2, -0.15) is 0 Å². The molecule has 0 spiro atoms. The number of hydrogen-bond acceptors (Lipinski definition) is 16. The van der Waals surface area contributed by atoms with Gasteiger partial charge in [-0.15, -0.1) is 0 Å². The van der Waals surface area contributed by atoms with Crippen molar-refractivity contribution < 1.29 is 75.8 Å². The number of ether oxygens (including phenoxy) is 16. The zero-order valence-corrected chi connectivity index (χ0v) is 59.8. The van der Waals surface area contributed by atoms with Crippen LogP contribution in [0.25, 0.3) is 43.8 Å². The predicted molar refractivity (Wildman–Crippen MR) is 407 cm³/mol. The Balaban J connectivity index is 0.656. The highest BCUT2D eigenvalue weighted by molar-refractivity contribution is 6.10. The van der Waals surface area contributed by atoms with Crippen LogP contribution in [0.1, 0.15) is 44.5 Å². The molecule has 9 aromatic rings. The van der Waals surface area contributed by atoms with E-state index in [9.17, 15) is 0 Å². The van der Waals surface area contributed by atoms with Gasteiger partial charge in [-0.1, -0.05) is 144 Å². The Morgan fingerprint density at radius 1 is 0.183 bits per heavy atom. The molecule has 9 aromatic carbocycles. The van der Waals surface area contributed by atoms with Crippen LogP contribution in [0.15, 0.2) is 194 Å². The number of methoxy groups -OCH3 is 2. The molecule has 0 aliphatic carbocycles. The minimum absolute atomic E-state index is 0.431. The summed E-state index contributed by atoms with van der Waals surface area (Å²) >= 11 is 0. The lowest BCUT2D eigenvalue weighted by atomic mass is 9.91. The maximum absolute atomic E-state index is 5.87. The molecular weight excluding hydrogens is 1310 g/mol.